The first-order valence-electron chi connectivity index (χ1n) is 12.0. The molecule has 2 bridgehead atoms. The van der Waals surface area contributed by atoms with Crippen molar-refractivity contribution in [3.63, 3.8) is 0 Å². The third kappa shape index (κ3) is 6.28. The Balaban J connectivity index is 0.00000197. The Morgan fingerprint density at radius 3 is 2.43 bits per heavy atom. The molecule has 2 atom stereocenters. The van der Waals surface area contributed by atoms with Crippen molar-refractivity contribution in [3.8, 4) is 11.4 Å². The van der Waals surface area contributed by atoms with Gasteiger partial charge in [-0.3, -0.25) is 0 Å². The maximum Gasteiger partial charge on any atom is 0.319 e. The zero-order chi connectivity index (χ0) is 26.1. The third-order valence-electron chi connectivity index (χ3n) is 6.08. The number of nitrogen functional groups attached to an aromatic ring is 1. The van der Waals surface area contributed by atoms with Gasteiger partial charge >= 0.3 is 6.03 Å². The van der Waals surface area contributed by atoms with Gasteiger partial charge in [0.25, 0.3) is 0 Å². The average Bonchev–Trinajstić information content (AvgIpc) is 2.91. The van der Waals surface area contributed by atoms with Crippen LogP contribution in [0.15, 0.2) is 69.0 Å². The van der Waals surface area contributed by atoms with Gasteiger partial charge in [0.05, 0.1) is 11.7 Å². The first-order chi connectivity index (χ1) is 17.6. The summed E-state index contributed by atoms with van der Waals surface area (Å²) in [5.74, 6) is 1.86. The van der Waals surface area contributed by atoms with Crippen molar-refractivity contribution in [2.75, 3.05) is 22.5 Å². The summed E-state index contributed by atoms with van der Waals surface area (Å²) in [5.41, 5.74) is 10.1. The number of hydrogen-bond acceptors (Lipinski definition) is 7. The number of nitrogens with zero attached hydrogens (tertiary/aromatic N) is 5. The summed E-state index contributed by atoms with van der Waals surface area (Å²) >= 11 is 0. The molecular formula is C27H40N8O2. The molecular weight excluding hydrogens is 468 g/mol. The summed E-state index contributed by atoms with van der Waals surface area (Å²) < 4.78 is 0. The number of aromatic nitrogens is 4. The monoisotopic (exact) mass is 508 g/mol. The Kier molecular flexibility index (Phi) is 10.7. The van der Waals surface area contributed by atoms with Crippen molar-refractivity contribution in [1.29, 1.82) is 0 Å². The van der Waals surface area contributed by atoms with Crippen LogP contribution in [-0.4, -0.2) is 44.0 Å². The van der Waals surface area contributed by atoms with E-state index in [0.29, 0.717) is 29.9 Å². The normalized spacial score (nSPS) is 16.8. The number of benzene rings is 1. The van der Waals surface area contributed by atoms with E-state index in [2.05, 4.69) is 56.8 Å². The van der Waals surface area contributed by atoms with E-state index in [4.69, 9.17) is 10.7 Å². The molecule has 2 unspecified atom stereocenters. The van der Waals surface area contributed by atoms with Crippen LogP contribution in [0.1, 0.15) is 46.3 Å². The summed E-state index contributed by atoms with van der Waals surface area (Å²) in [7, 11) is 0. The Morgan fingerprint density at radius 2 is 1.78 bits per heavy atom. The van der Waals surface area contributed by atoms with E-state index in [1.807, 2.05) is 37.3 Å². The number of nitrogens with two attached hydrogens (primary N) is 1. The van der Waals surface area contributed by atoms with Crippen molar-refractivity contribution >= 4 is 23.5 Å². The fraction of sp³-hybridized carbons (Fsp3) is 0.296. The van der Waals surface area contributed by atoms with Crippen molar-refractivity contribution in [1.82, 2.24) is 25.3 Å². The molecule has 0 aliphatic carbocycles. The van der Waals surface area contributed by atoms with Crippen LogP contribution in [-0.2, 0) is 6.42 Å². The second-order valence-corrected chi connectivity index (χ2v) is 8.12. The molecule has 200 valence electrons. The molecule has 10 heteroatoms. The summed E-state index contributed by atoms with van der Waals surface area (Å²) in [5, 5.41) is 5.51. The highest BCUT2D eigenvalue weighted by atomic mass is 16.2. The number of urea groups is 1. The number of nitrogens with one attached hydrogen (secondary N) is 2. The van der Waals surface area contributed by atoms with Gasteiger partial charge in [-0.2, -0.15) is 0 Å². The molecule has 0 saturated carbocycles. The Morgan fingerprint density at radius 1 is 1.11 bits per heavy atom. The van der Waals surface area contributed by atoms with E-state index >= 15 is 0 Å². The van der Waals surface area contributed by atoms with E-state index in [1.54, 1.807) is 12.4 Å². The number of anilines is 3. The smallest absolute Gasteiger partial charge is 0.319 e. The van der Waals surface area contributed by atoms with E-state index in [0.717, 1.165) is 48.5 Å². The SMILES string of the molecule is C=C.C=C.CCNC(=O)Nc1ccc(-c2nc(N)c3c(n2)CC2CCCC3N2c2ncccn2)cc1.O.[HH].[HH]. The minimum atomic E-state index is -0.229. The molecule has 2 aliphatic heterocycles. The topological polar surface area (TPSA) is 153 Å². The zero-order valence-corrected chi connectivity index (χ0v) is 21.3. The van der Waals surface area contributed by atoms with Crippen LogP contribution in [0.4, 0.5) is 22.2 Å². The molecule has 5 rings (SSSR count). The molecule has 4 heterocycles. The highest BCUT2D eigenvalue weighted by molar-refractivity contribution is 5.89. The van der Waals surface area contributed by atoms with Crippen molar-refractivity contribution in [2.45, 2.75) is 44.7 Å². The number of carbonyl (C=O) groups is 1. The molecule has 10 nitrogen and oxygen atoms in total. The number of rotatable bonds is 4. The summed E-state index contributed by atoms with van der Waals surface area (Å²) in [6.07, 6.45) is 7.55. The van der Waals surface area contributed by atoms with Gasteiger partial charge in [0.15, 0.2) is 5.82 Å². The Bertz CT molecular complexity index is 1170. The van der Waals surface area contributed by atoms with Crippen molar-refractivity contribution in [2.24, 2.45) is 0 Å². The van der Waals surface area contributed by atoms with E-state index in [-0.39, 0.29) is 20.4 Å². The van der Waals surface area contributed by atoms with E-state index in [9.17, 15) is 4.79 Å². The van der Waals surface area contributed by atoms with Crippen LogP contribution >= 0.6 is 0 Å². The van der Waals surface area contributed by atoms with Gasteiger partial charge in [0, 0.05) is 51.1 Å². The number of hydrogen-bond donors (Lipinski definition) is 3. The van der Waals surface area contributed by atoms with Gasteiger partial charge in [-0.1, -0.05) is 0 Å². The molecule has 0 radical (unpaired) electrons. The standard InChI is InChI=1S/C23H26N8O.2C2H4.H2O.2H2/c1-2-25-23(32)28-15-9-7-14(8-10-15)21-29-17-13-16-5-3-6-18(19(17)20(24)30-21)31(16)22-26-11-4-12-27-22;2*1-2;;;/h4,7-12,16,18H,2-3,5-6,13H2,1H3,(H2,24,29,30)(H2,25,28,32);2*1-2H2;1H2;2*1H. The molecule has 2 amide bonds. The van der Waals surface area contributed by atoms with Crippen LogP contribution < -0.4 is 21.3 Å². The lowest BCUT2D eigenvalue weighted by atomic mass is 9.82. The van der Waals surface area contributed by atoms with Crippen molar-refractivity contribution in [3.05, 3.63) is 80.3 Å². The van der Waals surface area contributed by atoms with Crippen LogP contribution in [0, 0.1) is 0 Å². The van der Waals surface area contributed by atoms with Crippen LogP contribution in [0.2, 0.25) is 0 Å². The van der Waals surface area contributed by atoms with Gasteiger partial charge in [0.1, 0.15) is 5.82 Å². The van der Waals surface area contributed by atoms with Crippen LogP contribution in [0.25, 0.3) is 11.4 Å². The van der Waals surface area contributed by atoms with Crippen LogP contribution in [0.3, 0.4) is 0 Å². The van der Waals surface area contributed by atoms with Gasteiger partial charge in [-0.05, 0) is 56.5 Å². The molecule has 0 spiro atoms. The largest absolute Gasteiger partial charge is 0.412 e. The average molecular weight is 509 g/mol. The van der Waals surface area contributed by atoms with Gasteiger partial charge in [-0.25, -0.2) is 24.7 Å². The molecule has 1 fully saturated rings. The van der Waals surface area contributed by atoms with E-state index < -0.39 is 0 Å². The Hall–Kier alpha value is -4.31. The number of amides is 2. The third-order valence-corrected chi connectivity index (χ3v) is 6.08. The molecule has 6 N–H and O–H groups in total. The fourth-order valence-electron chi connectivity index (χ4n) is 4.74. The predicted molar refractivity (Wildman–Crippen MR) is 154 cm³/mol. The van der Waals surface area contributed by atoms with Crippen LogP contribution in [0.5, 0.6) is 0 Å². The Labute approximate surface area is 221 Å². The summed E-state index contributed by atoms with van der Waals surface area (Å²) in [4.78, 5) is 32.6. The fourth-order valence-corrected chi connectivity index (χ4v) is 4.74. The lowest BCUT2D eigenvalue weighted by molar-refractivity contribution is 0.252. The molecule has 37 heavy (non-hydrogen) atoms. The first-order valence-corrected chi connectivity index (χ1v) is 12.0. The molecule has 1 saturated heterocycles. The lowest BCUT2D eigenvalue weighted by Crippen LogP contribution is -2.48. The summed E-state index contributed by atoms with van der Waals surface area (Å²) in [6.45, 7) is 14.4. The number of piperidine rings is 1. The van der Waals surface area contributed by atoms with Gasteiger partial charge in [0.2, 0.25) is 5.95 Å². The number of fused-ring (bicyclic) bond motifs is 4. The maximum atomic E-state index is 11.7. The second-order valence-electron chi connectivity index (χ2n) is 8.12. The molecule has 2 aliphatic rings. The number of carbonyl (C=O) groups excluding carboxylic acids is 1. The first kappa shape index (κ1) is 28.9. The zero-order valence-electron chi connectivity index (χ0n) is 21.3. The van der Waals surface area contributed by atoms with E-state index in [1.165, 1.54) is 0 Å². The minimum Gasteiger partial charge on any atom is -0.412 e. The molecule has 1 aromatic carbocycles. The van der Waals surface area contributed by atoms with Crippen molar-refractivity contribution < 1.29 is 13.1 Å². The maximum absolute atomic E-state index is 11.7. The second kappa shape index (κ2) is 13.7. The highest BCUT2D eigenvalue weighted by Gasteiger charge is 2.41. The molecule has 2 aromatic heterocycles. The predicted octanol–water partition coefficient (Wildman–Crippen LogP) is 4.59. The van der Waals surface area contributed by atoms with Gasteiger partial charge in [-0.15, -0.1) is 26.3 Å². The highest BCUT2D eigenvalue weighted by Crippen LogP contribution is 2.44. The van der Waals surface area contributed by atoms with Gasteiger partial charge < -0.3 is 26.7 Å². The summed E-state index contributed by atoms with van der Waals surface area (Å²) in [6, 6.07) is 9.48. The molecule has 3 aromatic rings. The quantitative estimate of drug-likeness (QED) is 0.436. The lowest BCUT2D eigenvalue weighted by Gasteiger charge is -2.46. The minimum absolute atomic E-state index is 0.